The number of hydrogen-bond donors (Lipinski definition) is 1. The first-order valence-electron chi connectivity index (χ1n) is 8.61. The van der Waals surface area contributed by atoms with Crippen molar-refractivity contribution in [3.8, 4) is 16.9 Å². The summed E-state index contributed by atoms with van der Waals surface area (Å²) in [6.45, 7) is 4.92. The Morgan fingerprint density at radius 3 is 2.36 bits per heavy atom. The molecule has 3 rings (SSSR count). The first-order valence-corrected chi connectivity index (χ1v) is 8.61. The number of rotatable bonds is 7. The highest BCUT2D eigenvalue weighted by Gasteiger charge is 2.12. The van der Waals surface area contributed by atoms with Crippen LogP contribution in [-0.2, 0) is 6.54 Å². The number of aliphatic hydroxyl groups is 1. The molecule has 1 aromatic heterocycles. The van der Waals surface area contributed by atoms with Crippen LogP contribution in [0.2, 0.25) is 0 Å². The van der Waals surface area contributed by atoms with E-state index in [1.165, 1.54) is 5.56 Å². The number of aromatic nitrogens is 2. The summed E-state index contributed by atoms with van der Waals surface area (Å²) >= 11 is 0. The molecule has 0 bridgehead atoms. The predicted molar refractivity (Wildman–Crippen MR) is 99.7 cm³/mol. The molecule has 2 aromatic carbocycles. The average molecular weight is 336 g/mol. The van der Waals surface area contributed by atoms with Crippen LogP contribution in [0.25, 0.3) is 11.1 Å². The van der Waals surface area contributed by atoms with Gasteiger partial charge in [0.25, 0.3) is 0 Å². The highest BCUT2D eigenvalue weighted by molar-refractivity contribution is 5.63. The Hall–Kier alpha value is -2.59. The number of hydrogen-bond acceptors (Lipinski definition) is 3. The minimum Gasteiger partial charge on any atom is -0.491 e. The van der Waals surface area contributed by atoms with Gasteiger partial charge in [0.1, 0.15) is 24.3 Å². The van der Waals surface area contributed by atoms with Crippen LogP contribution in [0.1, 0.15) is 25.6 Å². The van der Waals surface area contributed by atoms with Gasteiger partial charge in [-0.2, -0.15) is 0 Å². The molecule has 0 saturated heterocycles. The first kappa shape index (κ1) is 17.2. The first-order chi connectivity index (χ1) is 12.1. The fraction of sp³-hybridized carbons (Fsp3) is 0.286. The van der Waals surface area contributed by atoms with Crippen molar-refractivity contribution in [2.24, 2.45) is 0 Å². The van der Waals surface area contributed by atoms with Crippen molar-refractivity contribution in [1.29, 1.82) is 0 Å². The van der Waals surface area contributed by atoms with Gasteiger partial charge < -0.3 is 14.4 Å². The van der Waals surface area contributed by atoms with Crippen LogP contribution >= 0.6 is 0 Å². The van der Waals surface area contributed by atoms with Gasteiger partial charge in [0.15, 0.2) is 0 Å². The number of nitrogens with zero attached hydrogens (tertiary/aromatic N) is 2. The fourth-order valence-corrected chi connectivity index (χ4v) is 2.82. The quantitative estimate of drug-likeness (QED) is 0.706. The van der Waals surface area contributed by atoms with E-state index in [1.54, 1.807) is 6.20 Å². The molecule has 1 unspecified atom stereocenters. The molecule has 25 heavy (non-hydrogen) atoms. The summed E-state index contributed by atoms with van der Waals surface area (Å²) in [5, 5.41) is 10.2. The minimum atomic E-state index is -0.583. The van der Waals surface area contributed by atoms with Crippen molar-refractivity contribution in [1.82, 2.24) is 9.55 Å². The zero-order chi connectivity index (χ0) is 17.6. The summed E-state index contributed by atoms with van der Waals surface area (Å²) in [7, 11) is 0. The topological polar surface area (TPSA) is 47.3 Å². The van der Waals surface area contributed by atoms with Gasteiger partial charge in [0.2, 0.25) is 0 Å². The number of aliphatic hydroxyl groups excluding tert-OH is 1. The Labute approximate surface area is 148 Å². The van der Waals surface area contributed by atoms with Crippen molar-refractivity contribution >= 4 is 0 Å². The Kier molecular flexibility index (Phi) is 5.51. The Bertz CT molecular complexity index is 779. The summed E-state index contributed by atoms with van der Waals surface area (Å²) < 4.78 is 7.71. The summed E-state index contributed by atoms with van der Waals surface area (Å²) in [6, 6.07) is 18.2. The van der Waals surface area contributed by atoms with Crippen LogP contribution in [0.5, 0.6) is 5.75 Å². The summed E-state index contributed by atoms with van der Waals surface area (Å²) in [5.74, 6) is 2.06. The highest BCUT2D eigenvalue weighted by Crippen LogP contribution is 2.22. The molecule has 0 saturated carbocycles. The third kappa shape index (κ3) is 4.48. The van der Waals surface area contributed by atoms with Crippen LogP contribution in [-0.4, -0.2) is 27.4 Å². The third-order valence-electron chi connectivity index (χ3n) is 4.08. The van der Waals surface area contributed by atoms with Crippen LogP contribution in [0, 0.1) is 0 Å². The molecule has 0 amide bonds. The molecule has 4 heteroatoms. The van der Waals surface area contributed by atoms with E-state index >= 15 is 0 Å². The van der Waals surface area contributed by atoms with Crippen molar-refractivity contribution in [2.45, 2.75) is 32.4 Å². The molecule has 0 aliphatic heterocycles. The molecule has 130 valence electrons. The monoisotopic (exact) mass is 336 g/mol. The van der Waals surface area contributed by atoms with Crippen molar-refractivity contribution in [2.75, 3.05) is 6.61 Å². The largest absolute Gasteiger partial charge is 0.491 e. The number of imidazole rings is 1. The molecule has 0 spiro atoms. The molecule has 4 nitrogen and oxygen atoms in total. The second-order valence-electron chi connectivity index (χ2n) is 6.45. The lowest BCUT2D eigenvalue weighted by Crippen LogP contribution is -2.24. The normalized spacial score (nSPS) is 12.3. The lowest BCUT2D eigenvalue weighted by Gasteiger charge is -2.16. The Morgan fingerprint density at radius 2 is 1.68 bits per heavy atom. The molecule has 0 radical (unpaired) electrons. The van der Waals surface area contributed by atoms with E-state index < -0.39 is 6.10 Å². The van der Waals surface area contributed by atoms with Crippen LogP contribution in [0.4, 0.5) is 0 Å². The van der Waals surface area contributed by atoms with Gasteiger partial charge in [-0.25, -0.2) is 4.98 Å². The molecule has 1 N–H and O–H groups in total. The number of benzene rings is 2. The molecule has 0 aliphatic carbocycles. The van der Waals surface area contributed by atoms with Gasteiger partial charge in [-0.3, -0.25) is 0 Å². The molecular weight excluding hydrogens is 312 g/mol. The van der Waals surface area contributed by atoms with Crippen molar-refractivity contribution in [3.63, 3.8) is 0 Å². The molecule has 3 aromatic rings. The maximum atomic E-state index is 10.2. The van der Waals surface area contributed by atoms with Crippen molar-refractivity contribution in [3.05, 3.63) is 72.8 Å². The van der Waals surface area contributed by atoms with Crippen LogP contribution in [0.15, 0.2) is 67.0 Å². The van der Waals surface area contributed by atoms with Crippen LogP contribution < -0.4 is 4.74 Å². The van der Waals surface area contributed by atoms with E-state index in [4.69, 9.17) is 4.74 Å². The predicted octanol–water partition coefficient (Wildman–Crippen LogP) is 4.11. The Morgan fingerprint density at radius 1 is 1.00 bits per heavy atom. The molecular formula is C21H24N2O2. The molecule has 1 atom stereocenters. The Balaban J connectivity index is 1.55. The highest BCUT2D eigenvalue weighted by atomic mass is 16.5. The smallest absolute Gasteiger partial charge is 0.119 e. The van der Waals surface area contributed by atoms with Gasteiger partial charge in [-0.15, -0.1) is 0 Å². The lowest BCUT2D eigenvalue weighted by molar-refractivity contribution is 0.0915. The van der Waals surface area contributed by atoms with E-state index in [2.05, 4.69) is 31.0 Å². The summed E-state index contributed by atoms with van der Waals surface area (Å²) in [6.07, 6.45) is 3.08. The second kappa shape index (κ2) is 7.99. The van der Waals surface area contributed by atoms with Gasteiger partial charge >= 0.3 is 0 Å². The molecule has 0 fully saturated rings. The zero-order valence-electron chi connectivity index (χ0n) is 14.7. The van der Waals surface area contributed by atoms with Crippen molar-refractivity contribution < 1.29 is 9.84 Å². The third-order valence-corrected chi connectivity index (χ3v) is 4.08. The van der Waals surface area contributed by atoms with Gasteiger partial charge in [0.05, 0.1) is 6.54 Å². The second-order valence-corrected chi connectivity index (χ2v) is 6.45. The maximum absolute atomic E-state index is 10.2. The summed E-state index contributed by atoms with van der Waals surface area (Å²) in [4.78, 5) is 4.34. The lowest BCUT2D eigenvalue weighted by atomic mass is 10.1. The maximum Gasteiger partial charge on any atom is 0.119 e. The van der Waals surface area contributed by atoms with E-state index in [0.29, 0.717) is 12.5 Å². The van der Waals surface area contributed by atoms with E-state index in [9.17, 15) is 5.11 Å². The zero-order valence-corrected chi connectivity index (χ0v) is 14.7. The molecule has 1 heterocycles. The fourth-order valence-electron chi connectivity index (χ4n) is 2.82. The van der Waals surface area contributed by atoms with E-state index in [1.807, 2.05) is 53.2 Å². The van der Waals surface area contributed by atoms with Crippen LogP contribution in [0.3, 0.4) is 0 Å². The standard InChI is InChI=1S/C21H24N2O2/c1-16(2)21-22-12-13-23(21)14-19(24)15-25-20-10-8-18(9-11-20)17-6-4-3-5-7-17/h3-13,16,19,24H,14-15H2,1-2H3. The van der Waals surface area contributed by atoms with E-state index in [0.717, 1.165) is 17.1 Å². The van der Waals surface area contributed by atoms with Gasteiger partial charge in [-0.05, 0) is 23.3 Å². The number of ether oxygens (including phenoxy) is 1. The average Bonchev–Trinajstić information content (AvgIpc) is 3.09. The SMILES string of the molecule is CC(C)c1nccn1CC(O)COc1ccc(-c2ccccc2)cc1. The minimum absolute atomic E-state index is 0.250. The molecule has 0 aliphatic rings. The van der Waals surface area contributed by atoms with Gasteiger partial charge in [-0.1, -0.05) is 56.3 Å². The van der Waals surface area contributed by atoms with E-state index in [-0.39, 0.29) is 6.61 Å². The summed E-state index contributed by atoms with van der Waals surface area (Å²) in [5.41, 5.74) is 2.32. The van der Waals surface area contributed by atoms with Gasteiger partial charge in [0, 0.05) is 18.3 Å².